The molecule has 10 heteroatoms. The summed E-state index contributed by atoms with van der Waals surface area (Å²) < 4.78 is 59.2. The molecule has 1 aliphatic heterocycles. The van der Waals surface area contributed by atoms with Crippen LogP contribution in [0.4, 0.5) is 0 Å². The molecular weight excluding hydrogens is 440 g/mol. The van der Waals surface area contributed by atoms with Crippen molar-refractivity contribution in [2.45, 2.75) is 44.7 Å². The molecule has 0 aromatic heterocycles. The number of aliphatic hydroxyl groups is 1. The van der Waals surface area contributed by atoms with Crippen molar-refractivity contribution in [3.05, 3.63) is 23.8 Å². The Bertz CT molecular complexity index is 1060. The van der Waals surface area contributed by atoms with E-state index in [1.807, 2.05) is 13.8 Å². The lowest BCUT2D eigenvalue weighted by Crippen LogP contribution is -2.50. The summed E-state index contributed by atoms with van der Waals surface area (Å²) in [6, 6.07) is 4.02. The molecule has 0 saturated heterocycles. The van der Waals surface area contributed by atoms with Gasteiger partial charge in [0.15, 0.2) is 0 Å². The van der Waals surface area contributed by atoms with Gasteiger partial charge in [0.25, 0.3) is 0 Å². The molecule has 0 amide bonds. The zero-order valence-electron chi connectivity index (χ0n) is 18.9. The Hall–Kier alpha value is -1.64. The van der Waals surface area contributed by atoms with Gasteiger partial charge in [0.05, 0.1) is 19.4 Å². The largest absolute Gasteiger partial charge is 0.487 e. The van der Waals surface area contributed by atoms with Crippen LogP contribution in [0, 0.1) is 23.7 Å². The monoisotopic (exact) mass is 472 g/mol. The molecule has 0 saturated carbocycles. The van der Waals surface area contributed by atoms with Crippen molar-refractivity contribution >= 4 is 20.0 Å². The van der Waals surface area contributed by atoms with Gasteiger partial charge < -0.3 is 9.84 Å². The fourth-order valence-electron chi connectivity index (χ4n) is 3.14. The van der Waals surface area contributed by atoms with Crippen molar-refractivity contribution < 1.29 is 26.7 Å². The first-order chi connectivity index (χ1) is 14.3. The van der Waals surface area contributed by atoms with Crippen LogP contribution in [0.1, 0.15) is 33.3 Å². The van der Waals surface area contributed by atoms with Crippen molar-refractivity contribution in [2.75, 3.05) is 33.0 Å². The molecular formula is C21H32N2O6S2. The number of rotatable bonds is 5. The minimum absolute atomic E-state index is 0.0261. The lowest BCUT2D eigenvalue weighted by molar-refractivity contribution is 0.0905. The number of nitrogens with zero attached hydrogens (tertiary/aromatic N) is 2. The van der Waals surface area contributed by atoms with Crippen LogP contribution in [0.5, 0.6) is 5.75 Å². The molecule has 3 atom stereocenters. The van der Waals surface area contributed by atoms with E-state index in [1.54, 1.807) is 26.0 Å². The predicted octanol–water partition coefficient (Wildman–Crippen LogP) is 1.35. The summed E-state index contributed by atoms with van der Waals surface area (Å²) in [7, 11) is -5.94. The Balaban J connectivity index is 2.62. The van der Waals surface area contributed by atoms with Crippen LogP contribution >= 0.6 is 0 Å². The number of likely N-dealkylation sites (N-methyl/N-ethyl adjacent to an activating group) is 1. The first-order valence-electron chi connectivity index (χ1n) is 10.1. The summed E-state index contributed by atoms with van der Waals surface area (Å²) >= 11 is 0. The van der Waals surface area contributed by atoms with Crippen LogP contribution in [0.25, 0.3) is 0 Å². The molecule has 1 aliphatic rings. The molecule has 1 heterocycles. The van der Waals surface area contributed by atoms with Gasteiger partial charge in [-0.2, -0.15) is 4.31 Å². The van der Waals surface area contributed by atoms with Crippen LogP contribution in [0.2, 0.25) is 0 Å². The zero-order valence-corrected chi connectivity index (χ0v) is 20.5. The third kappa shape index (κ3) is 6.20. The van der Waals surface area contributed by atoms with Gasteiger partial charge in [-0.3, -0.25) is 0 Å². The van der Waals surface area contributed by atoms with E-state index >= 15 is 0 Å². The lowest BCUT2D eigenvalue weighted by atomic mass is 10.0. The molecule has 0 radical (unpaired) electrons. The van der Waals surface area contributed by atoms with Gasteiger partial charge in [-0.05, 0) is 25.1 Å². The smallest absolute Gasteiger partial charge is 0.247 e. The number of fused-ring (bicyclic) bond motifs is 1. The van der Waals surface area contributed by atoms with E-state index in [0.29, 0.717) is 5.56 Å². The van der Waals surface area contributed by atoms with Crippen molar-refractivity contribution in [3.8, 4) is 17.6 Å². The predicted molar refractivity (Wildman–Crippen MR) is 120 cm³/mol. The highest BCUT2D eigenvalue weighted by atomic mass is 32.2. The van der Waals surface area contributed by atoms with Gasteiger partial charge in [0, 0.05) is 37.0 Å². The Kier molecular flexibility index (Phi) is 8.16. The second-order valence-electron chi connectivity index (χ2n) is 8.37. The Morgan fingerprint density at radius 3 is 2.52 bits per heavy atom. The molecule has 8 nitrogen and oxygen atoms in total. The minimum atomic E-state index is -3.95. The summed E-state index contributed by atoms with van der Waals surface area (Å²) in [6.45, 7) is 7.15. The number of ether oxygens (including phenoxy) is 1. The van der Waals surface area contributed by atoms with Crippen molar-refractivity contribution in [1.29, 1.82) is 0 Å². The number of aliphatic hydroxyl groups excluding tert-OH is 1. The lowest BCUT2D eigenvalue weighted by Gasteiger charge is -2.37. The number of hydrogen-bond donors (Lipinski definition) is 1. The number of sulfonamides is 2. The van der Waals surface area contributed by atoms with Gasteiger partial charge in [-0.25, -0.2) is 21.1 Å². The average molecular weight is 473 g/mol. The molecule has 31 heavy (non-hydrogen) atoms. The number of benzene rings is 1. The van der Waals surface area contributed by atoms with Crippen LogP contribution in [-0.4, -0.2) is 75.7 Å². The van der Waals surface area contributed by atoms with Gasteiger partial charge in [0.1, 0.15) is 16.7 Å². The molecule has 1 aromatic carbocycles. The van der Waals surface area contributed by atoms with Crippen molar-refractivity contribution in [2.24, 2.45) is 11.8 Å². The first-order valence-corrected chi connectivity index (χ1v) is 13.4. The Labute approximate surface area is 186 Å². The fraction of sp³-hybridized carbons (Fsp3) is 0.619. The molecule has 1 N–H and O–H groups in total. The zero-order chi connectivity index (χ0) is 23.6. The fourth-order valence-corrected chi connectivity index (χ4v) is 5.38. The second kappa shape index (κ2) is 9.88. The van der Waals surface area contributed by atoms with Gasteiger partial charge >= 0.3 is 0 Å². The topological polar surface area (TPSA) is 104 Å². The summed E-state index contributed by atoms with van der Waals surface area (Å²) in [5.74, 6) is 5.98. The Morgan fingerprint density at radius 2 is 1.97 bits per heavy atom. The van der Waals surface area contributed by atoms with Crippen LogP contribution in [-0.2, 0) is 20.0 Å². The molecule has 0 aliphatic carbocycles. The van der Waals surface area contributed by atoms with Gasteiger partial charge in [-0.15, -0.1) is 0 Å². The maximum absolute atomic E-state index is 13.4. The van der Waals surface area contributed by atoms with Crippen LogP contribution < -0.4 is 4.74 Å². The van der Waals surface area contributed by atoms with Crippen molar-refractivity contribution in [1.82, 2.24) is 8.61 Å². The van der Waals surface area contributed by atoms with Gasteiger partial charge in [-0.1, -0.05) is 32.6 Å². The molecule has 174 valence electrons. The van der Waals surface area contributed by atoms with E-state index < -0.39 is 32.2 Å². The summed E-state index contributed by atoms with van der Waals surface area (Å²) in [4.78, 5) is -0.0261. The van der Waals surface area contributed by atoms with E-state index in [0.717, 1.165) is 6.26 Å². The third-order valence-electron chi connectivity index (χ3n) is 5.18. The summed E-state index contributed by atoms with van der Waals surface area (Å²) in [6.07, 6.45) is 0.509. The average Bonchev–Trinajstić information content (AvgIpc) is 2.67. The standard InChI is InChI=1S/C21H32N2O6S2/c1-15(2)7-8-18-9-10-21-19(11-18)29-20(13-22(5)30(6,25)26)16(3)12-23(17(4)14-24)31(21,27)28/h9-11,15-17,20,24H,12-14H2,1-6H3/t16-,17-,20-/m0/s1. The van der Waals surface area contributed by atoms with Crippen molar-refractivity contribution in [3.63, 3.8) is 0 Å². The highest BCUT2D eigenvalue weighted by Gasteiger charge is 2.38. The normalized spacial score (nSPS) is 22.6. The summed E-state index contributed by atoms with van der Waals surface area (Å²) in [5.41, 5.74) is 0.604. The molecule has 0 spiro atoms. The van der Waals surface area contributed by atoms with E-state index in [2.05, 4.69) is 11.8 Å². The third-order valence-corrected chi connectivity index (χ3v) is 8.48. The van der Waals surface area contributed by atoms with Crippen LogP contribution in [0.15, 0.2) is 23.1 Å². The molecule has 0 unspecified atom stereocenters. The van der Waals surface area contributed by atoms with E-state index in [1.165, 1.54) is 21.7 Å². The maximum Gasteiger partial charge on any atom is 0.247 e. The Morgan fingerprint density at radius 1 is 1.32 bits per heavy atom. The number of hydrogen-bond acceptors (Lipinski definition) is 6. The summed E-state index contributed by atoms with van der Waals surface area (Å²) in [5, 5.41) is 9.66. The van der Waals surface area contributed by atoms with E-state index in [-0.39, 0.29) is 42.2 Å². The van der Waals surface area contributed by atoms with E-state index in [4.69, 9.17) is 4.74 Å². The van der Waals surface area contributed by atoms with Crippen LogP contribution in [0.3, 0.4) is 0 Å². The SMILES string of the molecule is CC(C)C#Cc1ccc2c(c1)O[C@@H](CN(C)S(C)(=O)=O)[C@@H](C)CN([C@@H](C)CO)S2(=O)=O. The highest BCUT2D eigenvalue weighted by Crippen LogP contribution is 2.34. The van der Waals surface area contributed by atoms with Gasteiger partial charge in [0.2, 0.25) is 20.0 Å². The minimum Gasteiger partial charge on any atom is -0.487 e. The molecule has 0 fully saturated rings. The maximum atomic E-state index is 13.4. The quantitative estimate of drug-likeness (QED) is 0.649. The molecule has 2 rings (SSSR count). The second-order valence-corrected chi connectivity index (χ2v) is 12.3. The first kappa shape index (κ1) is 25.6. The highest BCUT2D eigenvalue weighted by molar-refractivity contribution is 7.89. The van der Waals surface area contributed by atoms with E-state index in [9.17, 15) is 21.9 Å². The molecule has 0 bridgehead atoms. The molecule has 1 aromatic rings.